The van der Waals surface area contributed by atoms with E-state index in [4.69, 9.17) is 9.84 Å². The molecule has 1 saturated heterocycles. The van der Waals surface area contributed by atoms with Gasteiger partial charge in [-0.3, -0.25) is 0 Å². The van der Waals surface area contributed by atoms with Gasteiger partial charge in [-0.05, 0) is 42.7 Å². The highest BCUT2D eigenvalue weighted by molar-refractivity contribution is 7.89. The fourth-order valence-electron chi connectivity index (χ4n) is 2.57. The zero-order valence-corrected chi connectivity index (χ0v) is 14.4. The van der Waals surface area contributed by atoms with Crippen molar-refractivity contribution >= 4 is 16.0 Å². The molecule has 1 fully saturated rings. The first-order valence-electron chi connectivity index (χ1n) is 7.40. The number of nitrogens with zero attached hydrogens (tertiary/aromatic N) is 1. The molecule has 0 amide bonds. The average Bonchev–Trinajstić information content (AvgIpc) is 2.54. The number of sulfonamides is 1. The molecule has 1 aliphatic heterocycles. The lowest BCUT2D eigenvalue weighted by Crippen LogP contribution is -2.37. The Balaban J connectivity index is 2.13. The summed E-state index contributed by atoms with van der Waals surface area (Å²) in [4.78, 5) is 10.9. The van der Waals surface area contributed by atoms with Crippen molar-refractivity contribution in [3.8, 4) is 5.75 Å². The molecule has 1 aliphatic rings. The molecule has 11 heteroatoms. The van der Waals surface area contributed by atoms with Crippen LogP contribution in [0, 0.1) is 0 Å². The van der Waals surface area contributed by atoms with Crippen LogP contribution in [-0.2, 0) is 19.6 Å². The molecule has 1 heterocycles. The summed E-state index contributed by atoms with van der Waals surface area (Å²) < 4.78 is 71.2. The van der Waals surface area contributed by atoms with Crippen LogP contribution in [0.2, 0.25) is 0 Å². The Morgan fingerprint density at radius 2 is 1.69 bits per heavy atom. The predicted molar refractivity (Wildman–Crippen MR) is 82.8 cm³/mol. The summed E-state index contributed by atoms with van der Waals surface area (Å²) in [6, 6.07) is 3.89. The third-order valence-electron chi connectivity index (χ3n) is 3.74. The van der Waals surface area contributed by atoms with Crippen LogP contribution in [0.1, 0.15) is 12.8 Å². The molecular formula is C15H16F3NO6S. The Hall–Kier alpha value is -2.27. The highest BCUT2D eigenvalue weighted by Crippen LogP contribution is 2.28. The van der Waals surface area contributed by atoms with Crippen LogP contribution in [0.15, 0.2) is 40.5 Å². The summed E-state index contributed by atoms with van der Waals surface area (Å²) in [5.74, 6) is -1.94. The van der Waals surface area contributed by atoms with E-state index in [0.717, 1.165) is 28.6 Å². The number of halogens is 3. The fourth-order valence-corrected chi connectivity index (χ4v) is 4.01. The zero-order valence-electron chi connectivity index (χ0n) is 13.6. The molecule has 0 bridgehead atoms. The number of piperidine rings is 1. The van der Waals surface area contributed by atoms with Crippen LogP contribution < -0.4 is 4.74 Å². The van der Waals surface area contributed by atoms with Crippen molar-refractivity contribution in [2.45, 2.75) is 24.1 Å². The Morgan fingerprint density at radius 3 is 2.12 bits per heavy atom. The van der Waals surface area contributed by atoms with E-state index in [2.05, 4.69) is 4.74 Å². The first kappa shape index (κ1) is 20.0. The molecule has 0 aromatic heterocycles. The lowest BCUT2D eigenvalue weighted by atomic mass is 10.0. The first-order valence-corrected chi connectivity index (χ1v) is 8.84. The second-order valence-electron chi connectivity index (χ2n) is 5.37. The minimum Gasteiger partial charge on any atom is -0.490 e. The third kappa shape index (κ3) is 4.67. The zero-order chi connectivity index (χ0) is 19.5. The summed E-state index contributed by atoms with van der Waals surface area (Å²) in [7, 11) is -2.69. The number of ether oxygens (including phenoxy) is 2. The van der Waals surface area contributed by atoms with Gasteiger partial charge in [-0.1, -0.05) is 0 Å². The lowest BCUT2D eigenvalue weighted by molar-refractivity contribution is -0.274. The lowest BCUT2D eigenvalue weighted by Gasteiger charge is -2.28. The topological polar surface area (TPSA) is 93.1 Å². The number of carboxylic acid groups (broad SMARTS) is 1. The number of benzene rings is 1. The molecule has 1 aromatic rings. The van der Waals surface area contributed by atoms with Crippen LogP contribution in [0.25, 0.3) is 0 Å². The van der Waals surface area contributed by atoms with Crippen LogP contribution in [-0.4, -0.2) is 50.4 Å². The van der Waals surface area contributed by atoms with Gasteiger partial charge in [-0.2, -0.15) is 4.31 Å². The van der Waals surface area contributed by atoms with Crippen molar-refractivity contribution in [3.05, 3.63) is 35.6 Å². The van der Waals surface area contributed by atoms with Crippen molar-refractivity contribution in [2.75, 3.05) is 20.2 Å². The monoisotopic (exact) mass is 395 g/mol. The number of hydrogen-bond acceptors (Lipinski definition) is 5. The summed E-state index contributed by atoms with van der Waals surface area (Å²) >= 11 is 0. The van der Waals surface area contributed by atoms with E-state index in [1.165, 1.54) is 7.11 Å². The van der Waals surface area contributed by atoms with Crippen molar-refractivity contribution in [3.63, 3.8) is 0 Å². The first-order chi connectivity index (χ1) is 12.0. The van der Waals surface area contributed by atoms with E-state index in [1.807, 2.05) is 0 Å². The number of alkyl halides is 3. The number of methoxy groups -OCH3 is 1. The Morgan fingerprint density at radius 1 is 1.15 bits per heavy atom. The van der Waals surface area contributed by atoms with E-state index in [0.29, 0.717) is 5.57 Å². The SMILES string of the molecule is COC(C(=O)O)=C1CCN(S(=O)(=O)c2ccc(OC(F)(F)F)cc2)CC1. The van der Waals surface area contributed by atoms with E-state index >= 15 is 0 Å². The molecule has 2 rings (SSSR count). The summed E-state index contributed by atoms with van der Waals surface area (Å²) in [6.45, 7) is 0.0806. The smallest absolute Gasteiger partial charge is 0.490 e. The number of carboxylic acids is 1. The molecule has 0 unspecified atom stereocenters. The average molecular weight is 395 g/mol. The van der Waals surface area contributed by atoms with E-state index < -0.39 is 28.1 Å². The van der Waals surface area contributed by atoms with E-state index in [1.54, 1.807) is 0 Å². The van der Waals surface area contributed by atoms with Gasteiger partial charge >= 0.3 is 12.3 Å². The Kier molecular flexibility index (Phi) is 5.81. The molecule has 0 atom stereocenters. The third-order valence-corrected chi connectivity index (χ3v) is 5.65. The molecule has 0 spiro atoms. The summed E-state index contributed by atoms with van der Waals surface area (Å²) in [5.41, 5.74) is 0.500. The standard InChI is InChI=1S/C15H16F3NO6S/c1-24-13(14(20)21)10-6-8-19(9-7-10)26(22,23)12-4-2-11(3-5-12)25-15(16,17)18/h2-5H,6-9H2,1H3,(H,20,21). The Labute approximate surface area is 147 Å². The molecule has 7 nitrogen and oxygen atoms in total. The van der Waals surface area contributed by atoms with E-state index in [9.17, 15) is 26.4 Å². The van der Waals surface area contributed by atoms with E-state index in [-0.39, 0.29) is 36.6 Å². The number of carbonyl (C=O) groups is 1. The van der Waals surface area contributed by atoms with Gasteiger partial charge in [0.25, 0.3) is 0 Å². The molecule has 1 N–H and O–H groups in total. The second-order valence-corrected chi connectivity index (χ2v) is 7.30. The fraction of sp³-hybridized carbons (Fsp3) is 0.400. The van der Waals surface area contributed by atoms with Gasteiger partial charge in [0.05, 0.1) is 12.0 Å². The van der Waals surface area contributed by atoms with Crippen LogP contribution in [0.4, 0.5) is 13.2 Å². The second kappa shape index (κ2) is 7.54. The van der Waals surface area contributed by atoms with Crippen molar-refractivity contribution < 1.29 is 41.0 Å². The molecule has 0 aliphatic carbocycles. The highest BCUT2D eigenvalue weighted by atomic mass is 32.2. The van der Waals surface area contributed by atoms with Gasteiger partial charge in [0.2, 0.25) is 15.8 Å². The van der Waals surface area contributed by atoms with Gasteiger partial charge in [-0.15, -0.1) is 13.2 Å². The van der Waals surface area contributed by atoms with Gasteiger partial charge in [0.15, 0.2) is 0 Å². The normalized spacial score (nSPS) is 16.2. The van der Waals surface area contributed by atoms with Crippen molar-refractivity contribution in [1.29, 1.82) is 0 Å². The summed E-state index contributed by atoms with van der Waals surface area (Å²) in [5, 5.41) is 9.03. The molecular weight excluding hydrogens is 379 g/mol. The predicted octanol–water partition coefficient (Wildman–Crippen LogP) is 2.35. The minimum absolute atomic E-state index is 0.0403. The maximum absolute atomic E-state index is 12.6. The maximum Gasteiger partial charge on any atom is 0.573 e. The van der Waals surface area contributed by atoms with Crippen LogP contribution in [0.5, 0.6) is 5.75 Å². The molecule has 144 valence electrons. The molecule has 0 radical (unpaired) electrons. The molecule has 1 aromatic carbocycles. The van der Waals surface area contributed by atoms with Crippen molar-refractivity contribution in [1.82, 2.24) is 4.31 Å². The molecule has 0 saturated carbocycles. The minimum atomic E-state index is -4.86. The number of aliphatic carboxylic acids is 1. The quantitative estimate of drug-likeness (QED) is 0.608. The number of rotatable bonds is 5. The van der Waals surface area contributed by atoms with Crippen LogP contribution in [0.3, 0.4) is 0 Å². The van der Waals surface area contributed by atoms with Gasteiger partial charge in [0.1, 0.15) is 5.75 Å². The maximum atomic E-state index is 12.6. The summed E-state index contributed by atoms with van der Waals surface area (Å²) in [6.07, 6.45) is -4.49. The van der Waals surface area contributed by atoms with Gasteiger partial charge in [-0.25, -0.2) is 13.2 Å². The van der Waals surface area contributed by atoms with Crippen molar-refractivity contribution in [2.24, 2.45) is 0 Å². The van der Waals surface area contributed by atoms with Gasteiger partial charge < -0.3 is 14.6 Å². The Bertz CT molecular complexity index is 792. The highest BCUT2D eigenvalue weighted by Gasteiger charge is 2.32. The number of hydrogen-bond donors (Lipinski definition) is 1. The largest absolute Gasteiger partial charge is 0.573 e. The molecule has 26 heavy (non-hydrogen) atoms. The van der Waals surface area contributed by atoms with Crippen LogP contribution >= 0.6 is 0 Å². The van der Waals surface area contributed by atoms with Gasteiger partial charge in [0, 0.05) is 13.1 Å².